The number of allylic oxidation sites excluding steroid dienone is 1. The molecule has 0 bridgehead atoms. The first-order valence-corrected chi connectivity index (χ1v) is 8.56. The van der Waals surface area contributed by atoms with Crippen molar-refractivity contribution < 1.29 is 19.4 Å². The summed E-state index contributed by atoms with van der Waals surface area (Å²) in [7, 11) is 1.43. The molecule has 1 N–H and O–H groups in total. The highest BCUT2D eigenvalue weighted by Gasteiger charge is 2.21. The molecule has 3 rings (SSSR count). The Hall–Kier alpha value is -2.79. The Labute approximate surface area is 156 Å². The van der Waals surface area contributed by atoms with E-state index in [2.05, 4.69) is 0 Å². The molecule has 6 heteroatoms. The largest absolute Gasteiger partial charge is 0.503 e. The average Bonchev–Trinajstić information content (AvgIpc) is 3.08. The quantitative estimate of drug-likeness (QED) is 0.635. The number of carbonyl (C=O) groups excluding carboxylic acids is 2. The van der Waals surface area contributed by atoms with Crippen LogP contribution in [0, 0.1) is 0 Å². The summed E-state index contributed by atoms with van der Waals surface area (Å²) in [6.45, 7) is 0.718. The predicted octanol–water partition coefficient (Wildman–Crippen LogP) is 4.08. The van der Waals surface area contributed by atoms with Crippen LogP contribution in [0.2, 0.25) is 5.02 Å². The second-order valence-corrected chi connectivity index (χ2v) is 6.35. The fourth-order valence-corrected chi connectivity index (χ4v) is 3.06. The highest BCUT2D eigenvalue weighted by Crippen LogP contribution is 2.35. The summed E-state index contributed by atoms with van der Waals surface area (Å²) in [6, 6.07) is 10.1. The lowest BCUT2D eigenvalue weighted by molar-refractivity contribution is -0.117. The van der Waals surface area contributed by atoms with Gasteiger partial charge in [-0.05, 0) is 54.5 Å². The number of anilines is 1. The van der Waals surface area contributed by atoms with Crippen molar-refractivity contribution >= 4 is 35.1 Å². The van der Waals surface area contributed by atoms with Gasteiger partial charge < -0.3 is 14.7 Å². The number of hydrogen-bond acceptors (Lipinski definition) is 4. The lowest BCUT2D eigenvalue weighted by atomic mass is 10.1. The van der Waals surface area contributed by atoms with Crippen molar-refractivity contribution in [1.82, 2.24) is 0 Å². The summed E-state index contributed by atoms with van der Waals surface area (Å²) in [6.07, 6.45) is 4.47. The number of benzene rings is 2. The zero-order chi connectivity index (χ0) is 18.7. The van der Waals surface area contributed by atoms with Crippen LogP contribution in [0.1, 0.15) is 28.8 Å². The van der Waals surface area contributed by atoms with Gasteiger partial charge in [-0.1, -0.05) is 17.7 Å². The lowest BCUT2D eigenvalue weighted by Crippen LogP contribution is -2.23. The molecule has 0 spiro atoms. The van der Waals surface area contributed by atoms with Crippen LogP contribution in [0.3, 0.4) is 0 Å². The van der Waals surface area contributed by atoms with Crippen LogP contribution in [0.15, 0.2) is 42.5 Å². The number of carbonyl (C=O) groups is 2. The summed E-state index contributed by atoms with van der Waals surface area (Å²) < 4.78 is 5.04. The van der Waals surface area contributed by atoms with Crippen molar-refractivity contribution in [2.24, 2.45) is 0 Å². The lowest BCUT2D eigenvalue weighted by Gasteiger charge is -2.15. The first-order valence-electron chi connectivity index (χ1n) is 8.19. The van der Waals surface area contributed by atoms with E-state index in [1.54, 1.807) is 47.4 Å². The van der Waals surface area contributed by atoms with E-state index in [1.807, 2.05) is 0 Å². The van der Waals surface area contributed by atoms with Crippen LogP contribution < -0.4 is 9.64 Å². The first-order chi connectivity index (χ1) is 12.5. The fourth-order valence-electron chi connectivity index (χ4n) is 2.84. The molecule has 5 nitrogen and oxygen atoms in total. The van der Waals surface area contributed by atoms with Crippen molar-refractivity contribution in [2.75, 3.05) is 18.6 Å². The molecule has 0 saturated carbocycles. The van der Waals surface area contributed by atoms with Gasteiger partial charge in [0.15, 0.2) is 17.3 Å². The molecule has 0 unspecified atom stereocenters. The van der Waals surface area contributed by atoms with Gasteiger partial charge in [-0.25, -0.2) is 0 Å². The second kappa shape index (κ2) is 7.62. The van der Waals surface area contributed by atoms with Crippen LogP contribution in [0.4, 0.5) is 5.69 Å². The average molecular weight is 372 g/mol. The third-order valence-electron chi connectivity index (χ3n) is 4.23. The van der Waals surface area contributed by atoms with Crippen LogP contribution in [-0.4, -0.2) is 30.5 Å². The minimum atomic E-state index is -0.174. The van der Waals surface area contributed by atoms with Gasteiger partial charge in [-0.2, -0.15) is 0 Å². The number of rotatable bonds is 5. The number of amides is 1. The molecule has 1 aliphatic heterocycles. The Morgan fingerprint density at radius 1 is 1.27 bits per heavy atom. The van der Waals surface area contributed by atoms with Gasteiger partial charge in [-0.15, -0.1) is 0 Å². The molecule has 134 valence electrons. The maximum absolute atomic E-state index is 12.3. The topological polar surface area (TPSA) is 66.8 Å². The normalized spacial score (nSPS) is 14.2. The molecule has 1 aliphatic rings. The number of ether oxygens (including phenoxy) is 1. The number of hydrogen-bond donors (Lipinski definition) is 1. The van der Waals surface area contributed by atoms with E-state index in [-0.39, 0.29) is 28.2 Å². The summed E-state index contributed by atoms with van der Waals surface area (Å²) in [5, 5.41) is 9.89. The van der Waals surface area contributed by atoms with Gasteiger partial charge in [0, 0.05) is 24.2 Å². The Morgan fingerprint density at radius 2 is 2.00 bits per heavy atom. The van der Waals surface area contributed by atoms with Gasteiger partial charge in [0.2, 0.25) is 5.91 Å². The Kier molecular flexibility index (Phi) is 5.28. The van der Waals surface area contributed by atoms with E-state index in [4.69, 9.17) is 16.3 Å². The van der Waals surface area contributed by atoms with Crippen LogP contribution in [0.5, 0.6) is 11.5 Å². The molecule has 0 atom stereocenters. The molecule has 1 heterocycles. The zero-order valence-corrected chi connectivity index (χ0v) is 15.0. The standard InChI is InChI=1S/C20H18ClNO4/c1-26-18-12-13(11-16(21)20(18)25)4-9-17(23)14-5-7-15(8-6-14)22-10-2-3-19(22)24/h4-9,11-12,25H,2-3,10H2,1H3/b9-4+. The molecule has 0 radical (unpaired) electrons. The Balaban J connectivity index is 1.74. The number of phenols is 1. The van der Waals surface area contributed by atoms with Crippen molar-refractivity contribution in [2.45, 2.75) is 12.8 Å². The summed E-state index contributed by atoms with van der Waals surface area (Å²) in [5.41, 5.74) is 1.97. The fraction of sp³-hybridized carbons (Fsp3) is 0.200. The molecular weight excluding hydrogens is 354 g/mol. The monoisotopic (exact) mass is 371 g/mol. The van der Waals surface area contributed by atoms with Crippen LogP contribution in [-0.2, 0) is 4.79 Å². The van der Waals surface area contributed by atoms with Gasteiger partial charge in [0.1, 0.15) is 0 Å². The molecular formula is C20H18ClNO4. The van der Waals surface area contributed by atoms with Crippen molar-refractivity contribution in [3.8, 4) is 11.5 Å². The van der Waals surface area contributed by atoms with Crippen molar-refractivity contribution in [3.63, 3.8) is 0 Å². The number of nitrogens with zero attached hydrogens (tertiary/aromatic N) is 1. The minimum absolute atomic E-state index is 0.113. The molecule has 1 saturated heterocycles. The van der Waals surface area contributed by atoms with E-state index in [1.165, 1.54) is 13.2 Å². The highest BCUT2D eigenvalue weighted by atomic mass is 35.5. The summed E-state index contributed by atoms with van der Waals surface area (Å²) in [5.74, 6) is 0.0449. The third kappa shape index (κ3) is 3.73. The van der Waals surface area contributed by atoms with E-state index in [9.17, 15) is 14.7 Å². The molecule has 0 aromatic heterocycles. The molecule has 0 aliphatic carbocycles. The molecule has 1 fully saturated rings. The maximum Gasteiger partial charge on any atom is 0.227 e. The van der Waals surface area contributed by atoms with Crippen molar-refractivity contribution in [1.29, 1.82) is 0 Å². The zero-order valence-electron chi connectivity index (χ0n) is 14.2. The summed E-state index contributed by atoms with van der Waals surface area (Å²) in [4.78, 5) is 25.8. The Morgan fingerprint density at radius 3 is 2.62 bits per heavy atom. The van der Waals surface area contributed by atoms with Crippen LogP contribution in [0.25, 0.3) is 6.08 Å². The SMILES string of the molecule is COc1cc(/C=C/C(=O)c2ccc(N3CCCC3=O)cc2)cc(Cl)c1O. The maximum atomic E-state index is 12.3. The number of halogens is 1. The van der Waals surface area contributed by atoms with Gasteiger partial charge in [0.05, 0.1) is 12.1 Å². The summed E-state index contributed by atoms with van der Waals surface area (Å²) >= 11 is 5.94. The Bertz CT molecular complexity index is 874. The molecule has 26 heavy (non-hydrogen) atoms. The highest BCUT2D eigenvalue weighted by molar-refractivity contribution is 6.32. The van der Waals surface area contributed by atoms with E-state index < -0.39 is 0 Å². The molecule has 2 aromatic rings. The van der Waals surface area contributed by atoms with Gasteiger partial charge >= 0.3 is 0 Å². The van der Waals surface area contributed by atoms with Gasteiger partial charge in [-0.3, -0.25) is 9.59 Å². The third-order valence-corrected chi connectivity index (χ3v) is 4.52. The number of aromatic hydroxyl groups is 1. The van der Waals surface area contributed by atoms with E-state index in [0.717, 1.165) is 18.7 Å². The smallest absolute Gasteiger partial charge is 0.227 e. The number of ketones is 1. The van der Waals surface area contributed by atoms with Crippen molar-refractivity contribution in [3.05, 3.63) is 58.6 Å². The first kappa shape index (κ1) is 18.0. The van der Waals surface area contributed by atoms with E-state index in [0.29, 0.717) is 17.5 Å². The number of methoxy groups -OCH3 is 1. The number of phenolic OH excluding ortho intramolecular Hbond substituents is 1. The molecule has 2 aromatic carbocycles. The molecule has 1 amide bonds. The predicted molar refractivity (Wildman–Crippen MR) is 101 cm³/mol. The second-order valence-electron chi connectivity index (χ2n) is 5.95. The van der Waals surface area contributed by atoms with E-state index >= 15 is 0 Å². The van der Waals surface area contributed by atoms with Crippen LogP contribution >= 0.6 is 11.6 Å². The van der Waals surface area contributed by atoms with Gasteiger partial charge in [0.25, 0.3) is 0 Å². The minimum Gasteiger partial charge on any atom is -0.503 e.